The second kappa shape index (κ2) is 10.3. The number of carbonyl (C=O) groups is 1. The van der Waals surface area contributed by atoms with Crippen LogP contribution in [0.15, 0.2) is 67.1 Å². The highest BCUT2D eigenvalue weighted by Crippen LogP contribution is 2.31. The highest BCUT2D eigenvalue weighted by Gasteiger charge is 2.15. The fraction of sp³-hybridized carbons (Fsp3) is 0.120. The average Bonchev–Trinajstić information content (AvgIpc) is 2.85. The molecular formula is C25H20ClFN4O3. The summed E-state index contributed by atoms with van der Waals surface area (Å²) in [5, 5.41) is 3.58. The number of esters is 1. The maximum Gasteiger partial charge on any atom is 0.337 e. The molecule has 2 aromatic carbocycles. The lowest BCUT2D eigenvalue weighted by Crippen LogP contribution is -2.06. The Balaban J connectivity index is 1.68. The molecule has 9 heteroatoms. The Bertz CT molecular complexity index is 1350. The van der Waals surface area contributed by atoms with Gasteiger partial charge in [-0.1, -0.05) is 23.7 Å². The number of methoxy groups -OCH3 is 1. The summed E-state index contributed by atoms with van der Waals surface area (Å²) in [6.07, 6.45) is 4.82. The zero-order valence-electron chi connectivity index (χ0n) is 18.4. The molecule has 1 N–H and O–H groups in total. The molecule has 2 aromatic heterocycles. The van der Waals surface area contributed by atoms with Gasteiger partial charge in [-0.05, 0) is 54.4 Å². The van der Waals surface area contributed by atoms with Crippen LogP contribution in [0, 0.1) is 12.7 Å². The van der Waals surface area contributed by atoms with E-state index in [9.17, 15) is 9.18 Å². The van der Waals surface area contributed by atoms with Gasteiger partial charge in [0.1, 0.15) is 12.4 Å². The summed E-state index contributed by atoms with van der Waals surface area (Å²) in [5.41, 5.74) is 2.97. The van der Waals surface area contributed by atoms with Crippen molar-refractivity contribution in [3.63, 3.8) is 0 Å². The fourth-order valence-corrected chi connectivity index (χ4v) is 3.34. The molecule has 0 saturated carbocycles. The number of nitrogens with one attached hydrogen (secondary N) is 1. The van der Waals surface area contributed by atoms with E-state index in [2.05, 4.69) is 20.3 Å². The molecule has 0 amide bonds. The Morgan fingerprint density at radius 2 is 2.00 bits per heavy atom. The number of halogens is 2. The first kappa shape index (κ1) is 23.1. The predicted octanol–water partition coefficient (Wildman–Crippen LogP) is 5.75. The number of anilines is 2. The van der Waals surface area contributed by atoms with Gasteiger partial charge in [-0.3, -0.25) is 4.98 Å². The fourth-order valence-electron chi connectivity index (χ4n) is 3.17. The van der Waals surface area contributed by atoms with E-state index >= 15 is 0 Å². The molecule has 172 valence electrons. The van der Waals surface area contributed by atoms with Crippen LogP contribution in [0.5, 0.6) is 5.75 Å². The molecule has 0 fully saturated rings. The third kappa shape index (κ3) is 5.29. The number of hydrogen-bond donors (Lipinski definition) is 1. The Morgan fingerprint density at radius 3 is 2.79 bits per heavy atom. The van der Waals surface area contributed by atoms with Crippen molar-refractivity contribution >= 4 is 29.1 Å². The smallest absolute Gasteiger partial charge is 0.337 e. The van der Waals surface area contributed by atoms with E-state index in [-0.39, 0.29) is 18.0 Å². The first-order valence-electron chi connectivity index (χ1n) is 10.2. The normalized spacial score (nSPS) is 10.6. The molecular weight excluding hydrogens is 459 g/mol. The highest BCUT2D eigenvalue weighted by atomic mass is 35.5. The molecule has 34 heavy (non-hydrogen) atoms. The van der Waals surface area contributed by atoms with Gasteiger partial charge in [-0.2, -0.15) is 0 Å². The van der Waals surface area contributed by atoms with E-state index < -0.39 is 11.8 Å². The quantitative estimate of drug-likeness (QED) is 0.338. The first-order chi connectivity index (χ1) is 16.4. The van der Waals surface area contributed by atoms with Gasteiger partial charge in [0.15, 0.2) is 17.4 Å². The van der Waals surface area contributed by atoms with Crippen LogP contribution in [0.3, 0.4) is 0 Å². The number of aromatic nitrogens is 3. The van der Waals surface area contributed by atoms with Crippen molar-refractivity contribution in [2.24, 2.45) is 0 Å². The van der Waals surface area contributed by atoms with Gasteiger partial charge in [0.05, 0.1) is 24.4 Å². The molecule has 0 aliphatic carbocycles. The highest BCUT2D eigenvalue weighted by molar-refractivity contribution is 6.30. The summed E-state index contributed by atoms with van der Waals surface area (Å²) in [6.45, 7) is 2.04. The molecule has 7 nitrogen and oxygen atoms in total. The minimum absolute atomic E-state index is 0.142. The molecule has 0 saturated heterocycles. The molecule has 0 atom stereocenters. The van der Waals surface area contributed by atoms with Crippen LogP contribution in [0.1, 0.15) is 21.5 Å². The summed E-state index contributed by atoms with van der Waals surface area (Å²) in [6, 6.07) is 12.9. The van der Waals surface area contributed by atoms with Crippen LogP contribution in [-0.2, 0) is 11.3 Å². The summed E-state index contributed by atoms with van der Waals surface area (Å²) in [7, 11) is 1.33. The molecule has 2 heterocycles. The van der Waals surface area contributed by atoms with Crippen molar-refractivity contribution in [2.75, 3.05) is 12.4 Å². The molecule has 0 unspecified atom stereocenters. The van der Waals surface area contributed by atoms with Crippen molar-refractivity contribution in [3.05, 3.63) is 94.7 Å². The van der Waals surface area contributed by atoms with Gasteiger partial charge in [-0.25, -0.2) is 19.2 Å². The number of hydrogen-bond acceptors (Lipinski definition) is 7. The molecule has 4 rings (SSSR count). The van der Waals surface area contributed by atoms with Gasteiger partial charge in [0, 0.05) is 23.1 Å². The number of nitrogens with zero attached hydrogens (tertiary/aromatic N) is 3. The molecule has 0 spiro atoms. The number of carbonyl (C=O) groups excluding carboxylic acids is 1. The molecule has 0 aliphatic heterocycles. The topological polar surface area (TPSA) is 86.2 Å². The van der Waals surface area contributed by atoms with Crippen molar-refractivity contribution in [1.29, 1.82) is 0 Å². The lowest BCUT2D eigenvalue weighted by molar-refractivity contribution is 0.0600. The summed E-state index contributed by atoms with van der Waals surface area (Å²) in [4.78, 5) is 24.7. The van der Waals surface area contributed by atoms with Crippen LogP contribution in [0.2, 0.25) is 5.02 Å². The largest absolute Gasteiger partial charge is 0.483 e. The van der Waals surface area contributed by atoms with E-state index in [0.717, 1.165) is 16.8 Å². The van der Waals surface area contributed by atoms with Crippen LogP contribution in [-0.4, -0.2) is 28.0 Å². The van der Waals surface area contributed by atoms with Gasteiger partial charge in [-0.15, -0.1) is 0 Å². The standard InChI is InChI=1S/C25H20ClFN4O3/c1-15-12-28-9-8-21(15)30-24-22(34-14-16-4-3-5-17(10-16)25(32)33-2)13-29-23(31-24)19-11-18(26)6-7-20(19)27/h3-13H,14H2,1-2H3,(H,28,29,30,31). The van der Waals surface area contributed by atoms with Gasteiger partial charge in [0.2, 0.25) is 0 Å². The summed E-state index contributed by atoms with van der Waals surface area (Å²) >= 11 is 6.05. The molecule has 0 aliphatic rings. The second-order valence-electron chi connectivity index (χ2n) is 7.33. The molecule has 0 bridgehead atoms. The van der Waals surface area contributed by atoms with Crippen LogP contribution in [0.25, 0.3) is 11.4 Å². The number of ether oxygens (including phenoxy) is 2. The van der Waals surface area contributed by atoms with Gasteiger partial charge in [0.25, 0.3) is 0 Å². The third-order valence-electron chi connectivity index (χ3n) is 4.94. The monoisotopic (exact) mass is 478 g/mol. The van der Waals surface area contributed by atoms with Crippen molar-refractivity contribution < 1.29 is 18.7 Å². The minimum atomic E-state index is -0.497. The first-order valence-corrected chi connectivity index (χ1v) is 10.6. The van der Waals surface area contributed by atoms with Crippen molar-refractivity contribution in [2.45, 2.75) is 13.5 Å². The Labute approximate surface area is 200 Å². The SMILES string of the molecule is COC(=O)c1cccc(COc2cnc(-c3cc(Cl)ccc3F)nc2Nc2ccncc2C)c1. The average molecular weight is 479 g/mol. The van der Waals surface area contributed by atoms with Crippen LogP contribution in [0.4, 0.5) is 15.9 Å². The maximum atomic E-state index is 14.4. The number of pyridine rings is 1. The van der Waals surface area contributed by atoms with E-state index in [1.807, 2.05) is 13.0 Å². The van der Waals surface area contributed by atoms with Crippen LogP contribution >= 0.6 is 11.6 Å². The van der Waals surface area contributed by atoms with E-state index in [1.54, 1.807) is 36.7 Å². The lowest BCUT2D eigenvalue weighted by atomic mass is 10.1. The lowest BCUT2D eigenvalue weighted by Gasteiger charge is -2.15. The molecule has 0 radical (unpaired) electrons. The Morgan fingerprint density at radius 1 is 1.15 bits per heavy atom. The number of aryl methyl sites for hydroxylation is 1. The second-order valence-corrected chi connectivity index (χ2v) is 7.76. The number of benzene rings is 2. The Hall–Kier alpha value is -4.04. The third-order valence-corrected chi connectivity index (χ3v) is 5.18. The Kier molecular flexibility index (Phi) is 6.98. The maximum absolute atomic E-state index is 14.4. The minimum Gasteiger partial charge on any atom is -0.483 e. The summed E-state index contributed by atoms with van der Waals surface area (Å²) in [5.74, 6) is -0.111. The van der Waals surface area contributed by atoms with E-state index in [4.69, 9.17) is 21.1 Å². The van der Waals surface area contributed by atoms with E-state index in [0.29, 0.717) is 22.2 Å². The number of rotatable bonds is 7. The molecule has 4 aromatic rings. The van der Waals surface area contributed by atoms with E-state index in [1.165, 1.54) is 31.5 Å². The van der Waals surface area contributed by atoms with Gasteiger partial charge < -0.3 is 14.8 Å². The zero-order chi connectivity index (χ0) is 24.1. The summed E-state index contributed by atoms with van der Waals surface area (Å²) < 4.78 is 25.2. The van der Waals surface area contributed by atoms with Crippen LogP contribution < -0.4 is 10.1 Å². The van der Waals surface area contributed by atoms with Gasteiger partial charge >= 0.3 is 5.97 Å². The zero-order valence-corrected chi connectivity index (χ0v) is 19.1. The predicted molar refractivity (Wildman–Crippen MR) is 127 cm³/mol. The van der Waals surface area contributed by atoms with Crippen molar-refractivity contribution in [1.82, 2.24) is 15.0 Å². The van der Waals surface area contributed by atoms with Crippen molar-refractivity contribution in [3.8, 4) is 17.1 Å².